The van der Waals surface area contributed by atoms with Gasteiger partial charge in [-0.25, -0.2) is 8.42 Å². The van der Waals surface area contributed by atoms with Crippen molar-refractivity contribution in [1.29, 1.82) is 0 Å². The summed E-state index contributed by atoms with van der Waals surface area (Å²) in [5, 5.41) is 2.24. The van der Waals surface area contributed by atoms with Crippen LogP contribution in [-0.2, 0) is 21.1 Å². The third kappa shape index (κ3) is 3.67. The highest BCUT2D eigenvalue weighted by Gasteiger charge is 2.33. The van der Waals surface area contributed by atoms with E-state index in [4.69, 9.17) is 0 Å². The van der Waals surface area contributed by atoms with Gasteiger partial charge in [0.1, 0.15) is 0 Å². The Bertz CT molecular complexity index is 873. The van der Waals surface area contributed by atoms with Crippen molar-refractivity contribution in [1.82, 2.24) is 4.90 Å². The minimum absolute atomic E-state index is 0.0488. The fourth-order valence-corrected chi connectivity index (χ4v) is 4.97. The molecule has 0 unspecified atom stereocenters. The van der Waals surface area contributed by atoms with Gasteiger partial charge in [-0.15, -0.1) is 6.58 Å². The van der Waals surface area contributed by atoms with Gasteiger partial charge in [-0.2, -0.15) is 0 Å². The van der Waals surface area contributed by atoms with Crippen LogP contribution >= 0.6 is 0 Å². The number of hydrogen-bond donors (Lipinski definition) is 0. The molecule has 0 saturated carbocycles. The largest absolute Gasteiger partial charge is 0.335 e. The summed E-state index contributed by atoms with van der Waals surface area (Å²) in [7, 11) is -3.02. The van der Waals surface area contributed by atoms with Gasteiger partial charge in [0.15, 0.2) is 9.84 Å². The topological polar surface area (TPSA) is 54.5 Å². The summed E-state index contributed by atoms with van der Waals surface area (Å²) in [6.45, 7) is 4.08. The number of sulfone groups is 1. The Kier molecular flexibility index (Phi) is 4.71. The molecule has 3 rings (SSSR count). The molecule has 1 aliphatic heterocycles. The van der Waals surface area contributed by atoms with Crippen molar-refractivity contribution in [3.05, 3.63) is 60.7 Å². The molecular formula is C19H21NO3S. The second-order valence-electron chi connectivity index (χ2n) is 6.25. The summed E-state index contributed by atoms with van der Waals surface area (Å²) < 4.78 is 23.4. The van der Waals surface area contributed by atoms with Crippen molar-refractivity contribution < 1.29 is 13.2 Å². The highest BCUT2D eigenvalue weighted by molar-refractivity contribution is 7.91. The first-order valence-corrected chi connectivity index (χ1v) is 9.89. The second-order valence-corrected chi connectivity index (χ2v) is 8.48. The Labute approximate surface area is 142 Å². The molecule has 0 aromatic heterocycles. The number of hydrogen-bond acceptors (Lipinski definition) is 3. The number of carbonyl (C=O) groups excluding carboxylic acids is 1. The van der Waals surface area contributed by atoms with Crippen molar-refractivity contribution in [2.45, 2.75) is 18.9 Å². The van der Waals surface area contributed by atoms with E-state index in [9.17, 15) is 13.2 Å². The predicted octanol–water partition coefficient (Wildman–Crippen LogP) is 2.58. The molecule has 126 valence electrons. The fourth-order valence-electron chi connectivity index (χ4n) is 3.24. The summed E-state index contributed by atoms with van der Waals surface area (Å²) in [6, 6.07) is 13.8. The molecule has 1 amide bonds. The van der Waals surface area contributed by atoms with Crippen molar-refractivity contribution in [3.8, 4) is 0 Å². The monoisotopic (exact) mass is 343 g/mol. The molecule has 1 fully saturated rings. The molecule has 24 heavy (non-hydrogen) atoms. The van der Waals surface area contributed by atoms with Crippen LogP contribution in [0.15, 0.2) is 55.1 Å². The average molecular weight is 343 g/mol. The summed E-state index contributed by atoms with van der Waals surface area (Å²) in [6.07, 6.45) is 2.44. The van der Waals surface area contributed by atoms with Crippen molar-refractivity contribution in [2.75, 3.05) is 18.1 Å². The highest BCUT2D eigenvalue weighted by atomic mass is 32.2. The lowest BCUT2D eigenvalue weighted by Gasteiger charge is -2.27. The molecule has 0 bridgehead atoms. The van der Waals surface area contributed by atoms with Gasteiger partial charge in [0.25, 0.3) is 0 Å². The third-order valence-electron chi connectivity index (χ3n) is 4.46. The van der Waals surface area contributed by atoms with E-state index in [0.717, 1.165) is 16.3 Å². The molecule has 0 radical (unpaired) electrons. The van der Waals surface area contributed by atoms with E-state index in [1.54, 1.807) is 11.0 Å². The number of rotatable bonds is 5. The lowest BCUT2D eigenvalue weighted by molar-refractivity contribution is -0.131. The smallest absolute Gasteiger partial charge is 0.227 e. The third-order valence-corrected chi connectivity index (χ3v) is 6.21. The van der Waals surface area contributed by atoms with Crippen LogP contribution in [0.25, 0.3) is 10.8 Å². The maximum atomic E-state index is 12.7. The van der Waals surface area contributed by atoms with Crippen LogP contribution < -0.4 is 0 Å². The van der Waals surface area contributed by atoms with Crippen molar-refractivity contribution >= 4 is 26.5 Å². The van der Waals surface area contributed by atoms with E-state index in [1.165, 1.54) is 0 Å². The lowest BCUT2D eigenvalue weighted by atomic mass is 10.0. The zero-order valence-corrected chi connectivity index (χ0v) is 14.3. The standard InChI is InChI=1S/C19H21NO3S/c1-2-10-20(18-9-11-24(22,23)14-18)19(21)13-15-7-8-16-5-3-4-6-17(16)12-15/h2-8,12,18H,1,9-11,13-14H2/t18-/m1/s1. The highest BCUT2D eigenvalue weighted by Crippen LogP contribution is 2.20. The number of carbonyl (C=O) groups is 1. The van der Waals surface area contributed by atoms with Crippen LogP contribution in [0.4, 0.5) is 0 Å². The van der Waals surface area contributed by atoms with Crippen molar-refractivity contribution in [3.63, 3.8) is 0 Å². The Hall–Kier alpha value is -2.14. The summed E-state index contributed by atoms with van der Waals surface area (Å²) in [5.74, 6) is 0.172. The fraction of sp³-hybridized carbons (Fsp3) is 0.316. The van der Waals surface area contributed by atoms with Gasteiger partial charge in [-0.05, 0) is 22.8 Å². The number of fused-ring (bicyclic) bond motifs is 1. The molecule has 1 heterocycles. The van der Waals surface area contributed by atoms with Gasteiger partial charge in [-0.1, -0.05) is 48.5 Å². The van der Waals surface area contributed by atoms with Crippen LogP contribution in [0.1, 0.15) is 12.0 Å². The molecular weight excluding hydrogens is 322 g/mol. The maximum Gasteiger partial charge on any atom is 0.227 e. The molecule has 4 nitrogen and oxygen atoms in total. The lowest BCUT2D eigenvalue weighted by Crippen LogP contribution is -2.42. The minimum Gasteiger partial charge on any atom is -0.335 e. The second kappa shape index (κ2) is 6.77. The first-order valence-electron chi connectivity index (χ1n) is 8.07. The molecule has 0 spiro atoms. The van der Waals surface area contributed by atoms with Crippen molar-refractivity contribution in [2.24, 2.45) is 0 Å². The first-order chi connectivity index (χ1) is 11.5. The summed E-state index contributed by atoms with van der Waals surface area (Å²) >= 11 is 0. The number of benzene rings is 2. The average Bonchev–Trinajstić information content (AvgIpc) is 2.92. The van der Waals surface area contributed by atoms with E-state index < -0.39 is 9.84 Å². The van der Waals surface area contributed by atoms with E-state index in [-0.39, 0.29) is 29.9 Å². The predicted molar refractivity (Wildman–Crippen MR) is 96.6 cm³/mol. The molecule has 1 saturated heterocycles. The van der Waals surface area contributed by atoms with Gasteiger partial charge in [-0.3, -0.25) is 4.79 Å². The Morgan fingerprint density at radius 2 is 1.96 bits per heavy atom. The van der Waals surface area contributed by atoms with Crippen LogP contribution in [0.3, 0.4) is 0 Å². The van der Waals surface area contributed by atoms with Crippen LogP contribution in [0.2, 0.25) is 0 Å². The molecule has 2 aromatic carbocycles. The Balaban J connectivity index is 1.78. The normalized spacial score (nSPS) is 19.2. The number of amides is 1. The molecule has 1 atom stereocenters. The van der Waals surface area contributed by atoms with E-state index in [0.29, 0.717) is 13.0 Å². The number of nitrogens with zero attached hydrogens (tertiary/aromatic N) is 1. The van der Waals surface area contributed by atoms with Crippen LogP contribution in [0.5, 0.6) is 0 Å². The maximum absolute atomic E-state index is 12.7. The summed E-state index contributed by atoms with van der Waals surface area (Å²) in [4.78, 5) is 14.4. The Morgan fingerprint density at radius 3 is 2.62 bits per heavy atom. The van der Waals surface area contributed by atoms with Gasteiger partial charge in [0, 0.05) is 12.6 Å². The minimum atomic E-state index is -3.02. The van der Waals surface area contributed by atoms with Crippen LogP contribution in [-0.4, -0.2) is 43.3 Å². The van der Waals surface area contributed by atoms with Gasteiger partial charge in [0.05, 0.1) is 17.9 Å². The summed E-state index contributed by atoms with van der Waals surface area (Å²) in [5.41, 5.74) is 0.939. The molecule has 5 heteroatoms. The van der Waals surface area contributed by atoms with Gasteiger partial charge < -0.3 is 4.90 Å². The Morgan fingerprint density at radius 1 is 1.21 bits per heavy atom. The van der Waals surface area contributed by atoms with Crippen LogP contribution in [0, 0.1) is 0 Å². The zero-order chi connectivity index (χ0) is 17.2. The SMILES string of the molecule is C=CCN(C(=O)Cc1ccc2ccccc2c1)[C@@H]1CCS(=O)(=O)C1. The zero-order valence-electron chi connectivity index (χ0n) is 13.5. The quantitative estimate of drug-likeness (QED) is 0.784. The van der Waals surface area contributed by atoms with E-state index in [2.05, 4.69) is 6.58 Å². The molecule has 2 aromatic rings. The van der Waals surface area contributed by atoms with Gasteiger partial charge >= 0.3 is 0 Å². The first kappa shape index (κ1) is 16.7. The molecule has 1 aliphatic rings. The molecule has 0 aliphatic carbocycles. The van der Waals surface area contributed by atoms with E-state index in [1.807, 2.05) is 42.5 Å². The van der Waals surface area contributed by atoms with E-state index >= 15 is 0 Å². The van der Waals surface area contributed by atoms with Gasteiger partial charge in [0.2, 0.25) is 5.91 Å². The molecule has 0 N–H and O–H groups in total.